The Labute approximate surface area is 156 Å². The van der Waals surface area contributed by atoms with E-state index in [0.717, 1.165) is 20.3 Å². The first-order valence-electron chi connectivity index (χ1n) is 7.47. The van der Waals surface area contributed by atoms with E-state index in [4.69, 9.17) is 0 Å². The summed E-state index contributed by atoms with van der Waals surface area (Å²) in [6, 6.07) is 15.3. The molecule has 0 radical (unpaired) electrons. The molecule has 0 saturated heterocycles. The Morgan fingerprint density at radius 3 is 2.64 bits per heavy atom. The monoisotopic (exact) mass is 415 g/mol. The van der Waals surface area contributed by atoms with Crippen molar-refractivity contribution >= 4 is 54.4 Å². The number of aromatic nitrogens is 1. The van der Waals surface area contributed by atoms with Crippen molar-refractivity contribution in [2.75, 3.05) is 5.32 Å². The third kappa shape index (κ3) is 4.98. The summed E-state index contributed by atoms with van der Waals surface area (Å²) in [4.78, 5) is 28.0. The number of carbonyl (C=O) groups excluding carboxylic acids is 2. The SMILES string of the molecule is O=C(/C=C/C(=O)Nc1nc2ccc(Br)cc2s1)NCc1ccccc1. The molecule has 3 rings (SSSR count). The smallest absolute Gasteiger partial charge is 0.250 e. The van der Waals surface area contributed by atoms with Crippen LogP contribution >= 0.6 is 27.3 Å². The maximum Gasteiger partial charge on any atom is 0.250 e. The molecule has 0 spiro atoms. The fourth-order valence-electron chi connectivity index (χ4n) is 2.09. The van der Waals surface area contributed by atoms with E-state index in [1.807, 2.05) is 48.5 Å². The van der Waals surface area contributed by atoms with Gasteiger partial charge in [0.1, 0.15) is 0 Å². The first-order valence-corrected chi connectivity index (χ1v) is 9.08. The number of carbonyl (C=O) groups is 2. The molecule has 2 N–H and O–H groups in total. The lowest BCUT2D eigenvalue weighted by Gasteiger charge is -2.01. The third-order valence-corrected chi connectivity index (χ3v) is 4.70. The van der Waals surface area contributed by atoms with E-state index in [1.165, 1.54) is 23.5 Å². The van der Waals surface area contributed by atoms with Gasteiger partial charge in [0.05, 0.1) is 10.2 Å². The van der Waals surface area contributed by atoms with E-state index in [9.17, 15) is 9.59 Å². The second kappa shape index (κ2) is 8.04. The van der Waals surface area contributed by atoms with Gasteiger partial charge < -0.3 is 5.32 Å². The molecular formula is C18H14BrN3O2S. The minimum atomic E-state index is -0.395. The van der Waals surface area contributed by atoms with Crippen molar-refractivity contribution < 1.29 is 9.59 Å². The van der Waals surface area contributed by atoms with E-state index in [0.29, 0.717) is 11.7 Å². The second-order valence-corrected chi connectivity index (χ2v) is 7.10. The van der Waals surface area contributed by atoms with Crippen LogP contribution in [0.3, 0.4) is 0 Å². The Hall–Kier alpha value is -2.51. The summed E-state index contributed by atoms with van der Waals surface area (Å²) in [5, 5.41) is 5.88. The van der Waals surface area contributed by atoms with Crippen molar-refractivity contribution in [2.24, 2.45) is 0 Å². The van der Waals surface area contributed by atoms with E-state index in [1.54, 1.807) is 0 Å². The van der Waals surface area contributed by atoms with Crippen LogP contribution < -0.4 is 10.6 Å². The molecule has 126 valence electrons. The highest BCUT2D eigenvalue weighted by Gasteiger charge is 2.06. The third-order valence-electron chi connectivity index (χ3n) is 3.28. The van der Waals surface area contributed by atoms with Crippen molar-refractivity contribution in [3.05, 3.63) is 70.7 Å². The highest BCUT2D eigenvalue weighted by atomic mass is 79.9. The molecule has 3 aromatic rings. The minimum absolute atomic E-state index is 0.327. The molecule has 0 aliphatic rings. The van der Waals surface area contributed by atoms with Gasteiger partial charge in [0.15, 0.2) is 5.13 Å². The summed E-state index contributed by atoms with van der Waals surface area (Å²) in [5.41, 5.74) is 1.81. The summed E-state index contributed by atoms with van der Waals surface area (Å²) >= 11 is 4.77. The van der Waals surface area contributed by atoms with Crippen LogP contribution in [0.4, 0.5) is 5.13 Å². The molecular weight excluding hydrogens is 402 g/mol. The topological polar surface area (TPSA) is 71.1 Å². The molecule has 1 aromatic heterocycles. The highest BCUT2D eigenvalue weighted by Crippen LogP contribution is 2.28. The lowest BCUT2D eigenvalue weighted by Crippen LogP contribution is -2.21. The Bertz CT molecular complexity index is 938. The molecule has 0 saturated carbocycles. The number of fused-ring (bicyclic) bond motifs is 1. The number of hydrogen-bond acceptors (Lipinski definition) is 4. The van der Waals surface area contributed by atoms with Gasteiger partial charge in [-0.1, -0.05) is 57.6 Å². The maximum atomic E-state index is 11.9. The number of hydrogen-bond donors (Lipinski definition) is 2. The number of rotatable bonds is 5. The van der Waals surface area contributed by atoms with Gasteiger partial charge in [0.2, 0.25) is 11.8 Å². The normalized spacial score (nSPS) is 10.9. The number of nitrogens with one attached hydrogen (secondary N) is 2. The summed E-state index contributed by atoms with van der Waals surface area (Å²) in [7, 11) is 0. The zero-order chi connectivity index (χ0) is 17.6. The first kappa shape index (κ1) is 17.3. The van der Waals surface area contributed by atoms with Crippen molar-refractivity contribution in [1.29, 1.82) is 0 Å². The fourth-order valence-corrected chi connectivity index (χ4v) is 3.51. The summed E-state index contributed by atoms with van der Waals surface area (Å²) in [5.74, 6) is -0.722. The maximum absolute atomic E-state index is 11.9. The van der Waals surface area contributed by atoms with Gasteiger partial charge in [0.25, 0.3) is 0 Å². The molecule has 0 aliphatic carbocycles. The Morgan fingerprint density at radius 2 is 1.84 bits per heavy atom. The van der Waals surface area contributed by atoms with Crippen LogP contribution in [0.5, 0.6) is 0 Å². The fraction of sp³-hybridized carbons (Fsp3) is 0.0556. The average Bonchev–Trinajstić information content (AvgIpc) is 3.00. The van der Waals surface area contributed by atoms with Crippen LogP contribution in [0.15, 0.2) is 65.2 Å². The zero-order valence-corrected chi connectivity index (χ0v) is 15.4. The molecule has 0 aliphatic heterocycles. The predicted octanol–water partition coefficient (Wildman–Crippen LogP) is 3.87. The van der Waals surface area contributed by atoms with Crippen molar-refractivity contribution in [1.82, 2.24) is 10.3 Å². The number of benzene rings is 2. The molecule has 25 heavy (non-hydrogen) atoms. The number of nitrogens with zero attached hydrogens (tertiary/aromatic N) is 1. The first-order chi connectivity index (χ1) is 12.1. The zero-order valence-electron chi connectivity index (χ0n) is 13.0. The Morgan fingerprint density at radius 1 is 1.08 bits per heavy atom. The molecule has 0 fully saturated rings. The van der Waals surface area contributed by atoms with Crippen LogP contribution in [0, 0.1) is 0 Å². The van der Waals surface area contributed by atoms with Crippen molar-refractivity contribution in [3.8, 4) is 0 Å². The van der Waals surface area contributed by atoms with Crippen LogP contribution in [-0.2, 0) is 16.1 Å². The lowest BCUT2D eigenvalue weighted by molar-refractivity contribution is -0.117. The number of thiazole rings is 1. The largest absolute Gasteiger partial charge is 0.348 e. The molecule has 0 atom stereocenters. The number of amides is 2. The summed E-state index contributed by atoms with van der Waals surface area (Å²) < 4.78 is 1.92. The summed E-state index contributed by atoms with van der Waals surface area (Å²) in [6.45, 7) is 0.415. The Balaban J connectivity index is 1.53. The highest BCUT2D eigenvalue weighted by molar-refractivity contribution is 9.10. The van der Waals surface area contributed by atoms with Gasteiger partial charge in [-0.15, -0.1) is 0 Å². The minimum Gasteiger partial charge on any atom is -0.348 e. The van der Waals surface area contributed by atoms with Gasteiger partial charge >= 0.3 is 0 Å². The molecule has 7 heteroatoms. The molecule has 5 nitrogen and oxygen atoms in total. The van der Waals surface area contributed by atoms with Crippen molar-refractivity contribution in [3.63, 3.8) is 0 Å². The van der Waals surface area contributed by atoms with Gasteiger partial charge in [-0.2, -0.15) is 0 Å². The predicted molar refractivity (Wildman–Crippen MR) is 103 cm³/mol. The number of halogens is 1. The van der Waals surface area contributed by atoms with E-state index in [2.05, 4.69) is 31.5 Å². The van der Waals surface area contributed by atoms with Crippen LogP contribution in [-0.4, -0.2) is 16.8 Å². The van der Waals surface area contributed by atoms with Gasteiger partial charge in [-0.3, -0.25) is 14.9 Å². The molecule has 1 heterocycles. The number of anilines is 1. The molecule has 0 unspecified atom stereocenters. The molecule has 0 bridgehead atoms. The van der Waals surface area contributed by atoms with E-state index < -0.39 is 5.91 Å². The van der Waals surface area contributed by atoms with E-state index >= 15 is 0 Å². The van der Waals surface area contributed by atoms with Crippen LogP contribution in [0.25, 0.3) is 10.2 Å². The van der Waals surface area contributed by atoms with Crippen LogP contribution in [0.1, 0.15) is 5.56 Å². The molecule has 2 aromatic carbocycles. The van der Waals surface area contributed by atoms with E-state index in [-0.39, 0.29) is 5.91 Å². The standard InChI is InChI=1S/C18H14BrN3O2S/c19-13-6-7-14-15(10-13)25-18(21-14)22-17(24)9-8-16(23)20-11-12-4-2-1-3-5-12/h1-10H,11H2,(H,20,23)(H,21,22,24)/b9-8+. The lowest BCUT2D eigenvalue weighted by atomic mass is 10.2. The average molecular weight is 416 g/mol. The van der Waals surface area contributed by atoms with Gasteiger partial charge in [-0.25, -0.2) is 4.98 Å². The van der Waals surface area contributed by atoms with Crippen molar-refractivity contribution in [2.45, 2.75) is 6.54 Å². The quantitative estimate of drug-likeness (QED) is 0.621. The second-order valence-electron chi connectivity index (χ2n) is 5.16. The van der Waals surface area contributed by atoms with Gasteiger partial charge in [-0.05, 0) is 23.8 Å². The Kier molecular flexibility index (Phi) is 5.57. The van der Waals surface area contributed by atoms with Crippen LogP contribution in [0.2, 0.25) is 0 Å². The van der Waals surface area contributed by atoms with Gasteiger partial charge in [0, 0.05) is 23.2 Å². The summed E-state index contributed by atoms with van der Waals surface area (Å²) in [6.07, 6.45) is 2.41. The molecule has 2 amide bonds.